The summed E-state index contributed by atoms with van der Waals surface area (Å²) < 4.78 is 79.5. The fourth-order valence-corrected chi connectivity index (χ4v) is 2.71. The summed E-state index contributed by atoms with van der Waals surface area (Å²) in [5, 5.41) is 2.87. The molecule has 29 heavy (non-hydrogen) atoms. The number of hydrogen-bond acceptors (Lipinski definition) is 5. The summed E-state index contributed by atoms with van der Waals surface area (Å²) >= 11 is 6.05. The first-order valence-electron chi connectivity index (χ1n) is 8.15. The van der Waals surface area contributed by atoms with E-state index in [1.165, 1.54) is 6.20 Å². The van der Waals surface area contributed by atoms with Gasteiger partial charge in [0.15, 0.2) is 11.3 Å². The molecule has 158 valence electrons. The molecule has 13 heteroatoms. The number of fused-ring (bicyclic) bond motifs is 1. The zero-order valence-corrected chi connectivity index (χ0v) is 16.3. The van der Waals surface area contributed by atoms with Crippen LogP contribution in [0.2, 0.25) is 5.02 Å². The van der Waals surface area contributed by atoms with E-state index < -0.39 is 40.7 Å². The van der Waals surface area contributed by atoms with Crippen LogP contribution in [0.25, 0.3) is 16.7 Å². The fourth-order valence-electron chi connectivity index (χ4n) is 2.44. The number of pyridine rings is 1. The van der Waals surface area contributed by atoms with Gasteiger partial charge in [-0.15, -0.1) is 5.10 Å². The number of halogens is 7. The Morgan fingerprint density at radius 2 is 1.59 bits per heavy atom. The number of nitrogen functional groups attached to an aromatic ring is 1. The first-order chi connectivity index (χ1) is 13.3. The maximum absolute atomic E-state index is 13.3. The molecule has 0 aliphatic rings. The normalized spacial score (nSPS) is 12.1. The van der Waals surface area contributed by atoms with Crippen LogP contribution in [-0.2, 0) is 12.4 Å². The van der Waals surface area contributed by atoms with Crippen molar-refractivity contribution in [2.45, 2.75) is 40.0 Å². The van der Waals surface area contributed by atoms with Crippen LogP contribution >= 0.6 is 11.6 Å². The number of nitrogens with zero attached hydrogens (tertiary/aromatic N) is 5. The van der Waals surface area contributed by atoms with Gasteiger partial charge in [-0.2, -0.15) is 26.3 Å². The highest BCUT2D eigenvalue weighted by molar-refractivity contribution is 6.32. The molecule has 0 unspecified atom stereocenters. The number of alkyl halides is 6. The molecular weight excluding hydrogens is 426 g/mol. The van der Waals surface area contributed by atoms with E-state index in [2.05, 4.69) is 20.1 Å². The van der Waals surface area contributed by atoms with Gasteiger partial charge >= 0.3 is 12.4 Å². The maximum Gasteiger partial charge on any atom is 0.451 e. The number of aryl methyl sites for hydroxylation is 1. The molecule has 0 fully saturated rings. The van der Waals surface area contributed by atoms with Gasteiger partial charge in [0, 0.05) is 11.9 Å². The lowest BCUT2D eigenvalue weighted by molar-refractivity contribution is -0.151. The van der Waals surface area contributed by atoms with E-state index in [1.54, 1.807) is 13.8 Å². The van der Waals surface area contributed by atoms with E-state index in [9.17, 15) is 26.3 Å². The molecule has 2 N–H and O–H groups in total. The summed E-state index contributed by atoms with van der Waals surface area (Å²) in [6, 6.07) is 0. The molecule has 0 atom stereocenters. The quantitative estimate of drug-likeness (QED) is 0.531. The second kappa shape index (κ2) is 7.65. The molecule has 0 saturated heterocycles. The maximum atomic E-state index is 13.3. The van der Waals surface area contributed by atoms with Crippen LogP contribution in [0.5, 0.6) is 0 Å². The largest absolute Gasteiger partial charge is 0.451 e. The van der Waals surface area contributed by atoms with Crippen molar-refractivity contribution in [2.24, 2.45) is 0 Å². The zero-order valence-electron chi connectivity index (χ0n) is 15.5. The van der Waals surface area contributed by atoms with E-state index in [0.717, 1.165) is 4.68 Å². The smallest absolute Gasteiger partial charge is 0.383 e. The topological polar surface area (TPSA) is 82.5 Å². The van der Waals surface area contributed by atoms with Crippen molar-refractivity contribution < 1.29 is 26.3 Å². The third kappa shape index (κ3) is 4.07. The van der Waals surface area contributed by atoms with E-state index in [4.69, 9.17) is 17.3 Å². The van der Waals surface area contributed by atoms with Crippen LogP contribution in [0.4, 0.5) is 32.2 Å². The Morgan fingerprint density at radius 3 is 2.10 bits per heavy atom. The van der Waals surface area contributed by atoms with Crippen LogP contribution in [0.15, 0.2) is 6.20 Å². The van der Waals surface area contributed by atoms with Crippen molar-refractivity contribution in [3.63, 3.8) is 0 Å². The molecule has 0 bridgehead atoms. The summed E-state index contributed by atoms with van der Waals surface area (Å²) in [5.74, 6) is -2.57. The minimum Gasteiger partial charge on any atom is -0.383 e. The molecule has 0 radical (unpaired) electrons. The molecular formula is C16H15ClF6N6. The first kappa shape index (κ1) is 22.7. The molecule has 3 rings (SSSR count). The van der Waals surface area contributed by atoms with Gasteiger partial charge in [-0.05, 0) is 19.4 Å². The standard InChI is InChI=1S/C14H9ClF6N6.C2H6/c1-4-5(2)23-3-6(15)8(4)27-10(22)7-9(13(16,17)18)24-12(14(19,20)21)25-11(7)26-27;1-2/h3H,22H2,1-2H3;1-2H3. The SMILES string of the molecule is CC.Cc1ncc(Cl)c(-n2nc3nc(C(F)(F)F)nc(C(F)(F)F)c3c2N)c1C. The zero-order chi connectivity index (χ0) is 22.3. The Balaban J connectivity index is 0.00000145. The summed E-state index contributed by atoms with van der Waals surface area (Å²) in [6.07, 6.45) is -9.19. The van der Waals surface area contributed by atoms with Gasteiger partial charge in [-0.3, -0.25) is 4.98 Å². The van der Waals surface area contributed by atoms with Gasteiger partial charge in [0.2, 0.25) is 5.82 Å². The number of anilines is 1. The van der Waals surface area contributed by atoms with Gasteiger partial charge < -0.3 is 5.73 Å². The molecule has 3 aromatic rings. The Morgan fingerprint density at radius 1 is 1.00 bits per heavy atom. The summed E-state index contributed by atoms with van der Waals surface area (Å²) in [4.78, 5) is 9.72. The first-order valence-corrected chi connectivity index (χ1v) is 8.53. The van der Waals surface area contributed by atoms with Crippen molar-refractivity contribution in [3.8, 4) is 5.69 Å². The molecule has 6 nitrogen and oxygen atoms in total. The molecule has 0 amide bonds. The fraction of sp³-hybridized carbons (Fsp3) is 0.375. The Hall–Kier alpha value is -2.63. The van der Waals surface area contributed by atoms with Crippen molar-refractivity contribution >= 4 is 28.5 Å². The monoisotopic (exact) mass is 440 g/mol. The number of hydrogen-bond donors (Lipinski definition) is 1. The van der Waals surface area contributed by atoms with Gasteiger partial charge in [0.25, 0.3) is 0 Å². The van der Waals surface area contributed by atoms with E-state index >= 15 is 0 Å². The summed E-state index contributed by atoms with van der Waals surface area (Å²) in [6.45, 7) is 7.17. The molecule has 0 aromatic carbocycles. The van der Waals surface area contributed by atoms with Crippen molar-refractivity contribution in [1.29, 1.82) is 0 Å². The minimum absolute atomic E-state index is 0.00447. The van der Waals surface area contributed by atoms with Gasteiger partial charge in [-0.25, -0.2) is 14.6 Å². The van der Waals surface area contributed by atoms with Crippen LogP contribution < -0.4 is 5.73 Å². The van der Waals surface area contributed by atoms with Gasteiger partial charge in [0.05, 0.1) is 16.1 Å². The Labute approximate surface area is 165 Å². The van der Waals surface area contributed by atoms with E-state index in [-0.39, 0.29) is 10.7 Å². The third-order valence-electron chi connectivity index (χ3n) is 3.80. The average Bonchev–Trinajstić information content (AvgIpc) is 2.95. The highest BCUT2D eigenvalue weighted by Gasteiger charge is 2.43. The van der Waals surface area contributed by atoms with Crippen LogP contribution in [0.3, 0.4) is 0 Å². The molecule has 0 aliphatic heterocycles. The predicted molar refractivity (Wildman–Crippen MR) is 94.7 cm³/mol. The van der Waals surface area contributed by atoms with Gasteiger partial charge in [0.1, 0.15) is 5.82 Å². The Kier molecular flexibility index (Phi) is 5.98. The van der Waals surface area contributed by atoms with Gasteiger partial charge in [-0.1, -0.05) is 25.4 Å². The van der Waals surface area contributed by atoms with E-state index in [0.29, 0.717) is 11.3 Å². The Bertz CT molecular complexity index is 1060. The molecule has 0 saturated carbocycles. The predicted octanol–water partition coefficient (Wildman–Crippen LogP) is 5.13. The van der Waals surface area contributed by atoms with Crippen LogP contribution in [-0.4, -0.2) is 24.7 Å². The lowest BCUT2D eigenvalue weighted by atomic mass is 10.2. The third-order valence-corrected chi connectivity index (χ3v) is 4.08. The lowest BCUT2D eigenvalue weighted by Gasteiger charge is -2.12. The van der Waals surface area contributed by atoms with Crippen molar-refractivity contribution in [1.82, 2.24) is 24.7 Å². The molecule has 3 aromatic heterocycles. The average molecular weight is 441 g/mol. The number of nitrogens with two attached hydrogens (primary N) is 1. The highest BCUT2D eigenvalue weighted by Crippen LogP contribution is 2.39. The van der Waals surface area contributed by atoms with Crippen molar-refractivity contribution in [3.05, 3.63) is 34.0 Å². The van der Waals surface area contributed by atoms with E-state index in [1.807, 2.05) is 13.8 Å². The summed E-state index contributed by atoms with van der Waals surface area (Å²) in [7, 11) is 0. The van der Waals surface area contributed by atoms with Crippen molar-refractivity contribution in [2.75, 3.05) is 5.73 Å². The highest BCUT2D eigenvalue weighted by atomic mass is 35.5. The summed E-state index contributed by atoms with van der Waals surface area (Å²) in [5.41, 5.74) is 4.08. The second-order valence-electron chi connectivity index (χ2n) is 5.55. The second-order valence-corrected chi connectivity index (χ2v) is 5.96. The number of rotatable bonds is 1. The lowest BCUT2D eigenvalue weighted by Crippen LogP contribution is -2.17. The number of aromatic nitrogens is 5. The van der Waals surface area contributed by atoms with Crippen LogP contribution in [0, 0.1) is 13.8 Å². The molecule has 3 heterocycles. The minimum atomic E-state index is -5.21. The van der Waals surface area contributed by atoms with Crippen LogP contribution in [0.1, 0.15) is 36.6 Å². The molecule has 0 aliphatic carbocycles. The molecule has 0 spiro atoms.